The van der Waals surface area contributed by atoms with Gasteiger partial charge in [-0.1, -0.05) is 18.2 Å². The van der Waals surface area contributed by atoms with E-state index in [-0.39, 0.29) is 30.8 Å². The molecule has 11 nitrogen and oxygen atoms in total. The van der Waals surface area contributed by atoms with E-state index >= 15 is 0 Å². The van der Waals surface area contributed by atoms with Crippen LogP contribution in [0, 0.1) is 0 Å². The highest BCUT2D eigenvalue weighted by atomic mass is 16.6. The zero-order chi connectivity index (χ0) is 34.9. The number of aliphatic hydroxyl groups is 1. The number of hydrogen-bond donors (Lipinski definition) is 1. The molecule has 0 bridgehead atoms. The lowest BCUT2D eigenvalue weighted by atomic mass is 10.0. The maximum Gasteiger partial charge on any atom is 0.410 e. The van der Waals surface area contributed by atoms with Gasteiger partial charge in [0.1, 0.15) is 17.8 Å². The van der Waals surface area contributed by atoms with Gasteiger partial charge in [0.15, 0.2) is 0 Å². The number of esters is 1. The first-order valence-corrected chi connectivity index (χ1v) is 18.0. The lowest BCUT2D eigenvalue weighted by Crippen LogP contribution is -2.50. The van der Waals surface area contributed by atoms with Gasteiger partial charge in [-0.2, -0.15) is 0 Å². The summed E-state index contributed by atoms with van der Waals surface area (Å²) in [5, 5.41) is 9.41. The van der Waals surface area contributed by atoms with Crippen LogP contribution in [0.5, 0.6) is 0 Å². The number of piperidine rings is 2. The Morgan fingerprint density at radius 1 is 0.667 bits per heavy atom. The van der Waals surface area contributed by atoms with Crippen LogP contribution in [0.1, 0.15) is 103 Å². The Morgan fingerprint density at radius 2 is 1.10 bits per heavy atom. The Hall–Kier alpha value is -2.89. The van der Waals surface area contributed by atoms with Gasteiger partial charge in [-0.15, -0.1) is 0 Å². The highest BCUT2D eigenvalue weighted by molar-refractivity contribution is 5.89. The Morgan fingerprint density at radius 3 is 1.54 bits per heavy atom. The minimum Gasteiger partial charge on any atom is -0.460 e. The molecule has 11 heteroatoms. The van der Waals surface area contributed by atoms with E-state index in [0.29, 0.717) is 43.4 Å². The number of hydrogen-bond acceptors (Lipinski definition) is 9. The molecule has 0 spiro atoms. The first-order valence-electron chi connectivity index (χ1n) is 18.0. The van der Waals surface area contributed by atoms with Crippen molar-refractivity contribution in [3.8, 4) is 0 Å². The zero-order valence-corrected chi connectivity index (χ0v) is 30.2. The minimum atomic E-state index is -0.462. The number of amides is 2. The summed E-state index contributed by atoms with van der Waals surface area (Å²) in [6.45, 7) is 17.1. The van der Waals surface area contributed by atoms with Crippen molar-refractivity contribution in [1.29, 1.82) is 0 Å². The van der Waals surface area contributed by atoms with Crippen molar-refractivity contribution >= 4 is 18.2 Å². The van der Waals surface area contributed by atoms with Crippen molar-refractivity contribution in [1.82, 2.24) is 19.6 Å². The lowest BCUT2D eigenvalue weighted by Gasteiger charge is -2.39. The van der Waals surface area contributed by atoms with E-state index < -0.39 is 11.2 Å². The van der Waals surface area contributed by atoms with Crippen LogP contribution in [0.15, 0.2) is 30.3 Å². The molecule has 4 aliphatic heterocycles. The van der Waals surface area contributed by atoms with Crippen LogP contribution in [0.2, 0.25) is 0 Å². The van der Waals surface area contributed by atoms with Gasteiger partial charge < -0.3 is 29.1 Å². The predicted octanol–water partition coefficient (Wildman–Crippen LogP) is 5.55. The summed E-state index contributed by atoms with van der Waals surface area (Å²) in [4.78, 5) is 45.0. The zero-order valence-electron chi connectivity index (χ0n) is 30.2. The van der Waals surface area contributed by atoms with Crippen molar-refractivity contribution in [2.75, 3.05) is 52.5 Å². The fraction of sp³-hybridized carbons (Fsp3) is 0.757. The van der Waals surface area contributed by atoms with Gasteiger partial charge in [0.2, 0.25) is 0 Å². The molecule has 4 aliphatic rings. The molecule has 0 radical (unpaired) electrons. The van der Waals surface area contributed by atoms with Crippen molar-refractivity contribution < 1.29 is 33.7 Å². The third-order valence-electron chi connectivity index (χ3n) is 9.64. The van der Waals surface area contributed by atoms with Crippen LogP contribution in [-0.4, -0.2) is 131 Å². The molecule has 1 aromatic rings. The van der Waals surface area contributed by atoms with Gasteiger partial charge in [-0.25, -0.2) is 14.4 Å². The Balaban J connectivity index is 0.000000229. The lowest BCUT2D eigenvalue weighted by molar-refractivity contribution is 0.00785. The molecule has 1 N–H and O–H groups in total. The number of likely N-dealkylation sites (tertiary alicyclic amines) is 4. The SMILES string of the molecule is CC(C)(C)OC(=O)N1CCC(N2CCC[C@H]2CO)CC1.CC(C)(C)OC(=O)N1CCC(N2CCC[C@H]2COC(=O)c2ccccc2)CC1. The molecule has 1 aromatic carbocycles. The molecule has 4 heterocycles. The van der Waals surface area contributed by atoms with Crippen molar-refractivity contribution in [3.63, 3.8) is 0 Å². The summed E-state index contributed by atoms with van der Waals surface area (Å²) in [6.07, 6.45) is 7.86. The molecule has 4 fully saturated rings. The van der Waals surface area contributed by atoms with Gasteiger partial charge in [-0.05, 0) is 118 Å². The third kappa shape index (κ3) is 11.3. The minimum absolute atomic E-state index is 0.198. The van der Waals surface area contributed by atoms with E-state index in [1.807, 2.05) is 69.5 Å². The highest BCUT2D eigenvalue weighted by Crippen LogP contribution is 2.28. The van der Waals surface area contributed by atoms with E-state index in [0.717, 1.165) is 71.1 Å². The smallest absolute Gasteiger partial charge is 0.410 e. The number of aliphatic hydroxyl groups excluding tert-OH is 1. The van der Waals surface area contributed by atoms with E-state index in [1.165, 1.54) is 6.42 Å². The summed E-state index contributed by atoms with van der Waals surface area (Å²) in [7, 11) is 0. The summed E-state index contributed by atoms with van der Waals surface area (Å²) < 4.78 is 16.5. The van der Waals surface area contributed by atoms with Gasteiger partial charge >= 0.3 is 18.2 Å². The fourth-order valence-electron chi connectivity index (χ4n) is 7.29. The molecule has 0 aliphatic carbocycles. The Bertz CT molecular complexity index is 1170. The van der Waals surface area contributed by atoms with Crippen LogP contribution in [0.4, 0.5) is 9.59 Å². The standard InChI is InChI=1S/C22H32N2O4.C15H28N2O3/c1-22(2,3)28-21(26)23-14-11-18(12-15-23)24-13-7-10-19(24)16-27-20(25)17-8-5-4-6-9-17;1-15(2,3)20-14(19)16-9-6-12(7-10-16)17-8-4-5-13(17)11-18/h4-6,8-9,18-19H,7,10-16H2,1-3H3;12-13,18H,4-11H2,1-3H3/t19-;13-/m00/s1. The van der Waals surface area contributed by atoms with Crippen LogP contribution in [-0.2, 0) is 14.2 Å². The molecule has 0 unspecified atom stereocenters. The largest absolute Gasteiger partial charge is 0.460 e. The van der Waals surface area contributed by atoms with E-state index in [1.54, 1.807) is 12.1 Å². The molecule has 48 heavy (non-hydrogen) atoms. The normalized spacial score (nSPS) is 23.4. The average Bonchev–Trinajstić information content (AvgIpc) is 3.73. The van der Waals surface area contributed by atoms with Crippen molar-refractivity contribution in [3.05, 3.63) is 35.9 Å². The summed E-state index contributed by atoms with van der Waals surface area (Å²) in [6, 6.07) is 10.7. The topological polar surface area (TPSA) is 112 Å². The number of carbonyl (C=O) groups is 3. The first kappa shape index (κ1) is 37.9. The predicted molar refractivity (Wildman–Crippen MR) is 185 cm³/mol. The average molecular weight is 673 g/mol. The molecule has 270 valence electrons. The Labute approximate surface area is 287 Å². The molecule has 5 rings (SSSR count). The Kier molecular flexibility index (Phi) is 13.6. The summed E-state index contributed by atoms with van der Waals surface area (Å²) in [5.74, 6) is -0.257. The maximum absolute atomic E-state index is 12.3. The van der Waals surface area contributed by atoms with E-state index in [9.17, 15) is 19.5 Å². The van der Waals surface area contributed by atoms with Gasteiger partial charge in [-0.3, -0.25) is 9.80 Å². The van der Waals surface area contributed by atoms with Crippen LogP contribution in [0.3, 0.4) is 0 Å². The number of rotatable bonds is 6. The second-order valence-electron chi connectivity index (χ2n) is 15.6. The van der Waals surface area contributed by atoms with Gasteiger partial charge in [0.25, 0.3) is 0 Å². The molecule has 0 aromatic heterocycles. The van der Waals surface area contributed by atoms with Crippen molar-refractivity contribution in [2.45, 2.75) is 128 Å². The van der Waals surface area contributed by atoms with Crippen LogP contribution >= 0.6 is 0 Å². The van der Waals surface area contributed by atoms with Crippen LogP contribution in [0.25, 0.3) is 0 Å². The third-order valence-corrected chi connectivity index (χ3v) is 9.64. The molecule has 0 saturated carbocycles. The molecular weight excluding hydrogens is 612 g/mol. The summed E-state index contributed by atoms with van der Waals surface area (Å²) >= 11 is 0. The number of ether oxygens (including phenoxy) is 3. The van der Waals surface area contributed by atoms with Gasteiger partial charge in [0, 0.05) is 50.3 Å². The second kappa shape index (κ2) is 17.2. The molecule has 4 saturated heterocycles. The number of carbonyl (C=O) groups excluding carboxylic acids is 3. The first-order chi connectivity index (χ1) is 22.7. The maximum atomic E-state index is 12.3. The summed E-state index contributed by atoms with van der Waals surface area (Å²) in [5.41, 5.74) is -0.292. The quantitative estimate of drug-likeness (QED) is 0.307. The highest BCUT2D eigenvalue weighted by Gasteiger charge is 2.36. The van der Waals surface area contributed by atoms with Gasteiger partial charge in [0.05, 0.1) is 12.2 Å². The number of benzene rings is 1. The monoisotopic (exact) mass is 672 g/mol. The van der Waals surface area contributed by atoms with Crippen LogP contribution < -0.4 is 0 Å². The van der Waals surface area contributed by atoms with E-state index in [4.69, 9.17) is 14.2 Å². The second-order valence-corrected chi connectivity index (χ2v) is 15.6. The molecule has 2 atom stereocenters. The fourth-order valence-corrected chi connectivity index (χ4v) is 7.29. The molecule has 2 amide bonds. The molecular formula is C37H60N4O7. The number of nitrogens with zero attached hydrogens (tertiary/aromatic N) is 4. The van der Waals surface area contributed by atoms with Crippen molar-refractivity contribution in [2.24, 2.45) is 0 Å². The van der Waals surface area contributed by atoms with E-state index in [2.05, 4.69) is 9.80 Å².